The van der Waals surface area contributed by atoms with E-state index in [2.05, 4.69) is 29.0 Å². The Morgan fingerprint density at radius 2 is 2.31 bits per heavy atom. The second kappa shape index (κ2) is 4.33. The average molecular weight is 223 g/mol. The molecule has 1 saturated heterocycles. The minimum Gasteiger partial charge on any atom is -0.394 e. The highest BCUT2D eigenvalue weighted by Gasteiger charge is 2.23. The fourth-order valence-electron chi connectivity index (χ4n) is 2.40. The number of hydrogen-bond acceptors (Lipinski definition) is 4. The van der Waals surface area contributed by atoms with Crippen molar-refractivity contribution >= 4 is 11.5 Å². The number of likely N-dealkylation sites (N-methyl/N-ethyl adjacent to an activating group) is 2. The summed E-state index contributed by atoms with van der Waals surface area (Å²) in [5, 5.41) is 4.38. The second-order valence-corrected chi connectivity index (χ2v) is 4.74. The molecule has 1 aromatic rings. The summed E-state index contributed by atoms with van der Waals surface area (Å²) in [6.45, 7) is 2.20. The molecule has 0 aliphatic carbocycles. The van der Waals surface area contributed by atoms with Gasteiger partial charge in [-0.1, -0.05) is 0 Å². The van der Waals surface area contributed by atoms with Crippen LogP contribution in [-0.2, 0) is 7.05 Å². The topological polar surface area (TPSA) is 50.3 Å². The van der Waals surface area contributed by atoms with Gasteiger partial charge in [0.1, 0.15) is 0 Å². The molecule has 1 atom stereocenters. The molecule has 1 aromatic heterocycles. The highest BCUT2D eigenvalue weighted by Crippen LogP contribution is 2.22. The van der Waals surface area contributed by atoms with E-state index in [1.165, 1.54) is 19.4 Å². The number of rotatable bonds is 3. The van der Waals surface area contributed by atoms with Crippen molar-refractivity contribution in [3.8, 4) is 0 Å². The highest BCUT2D eigenvalue weighted by molar-refractivity contribution is 5.61. The molecule has 0 spiro atoms. The molecular weight excluding hydrogens is 202 g/mol. The van der Waals surface area contributed by atoms with Crippen LogP contribution in [0, 0.1) is 0 Å². The lowest BCUT2D eigenvalue weighted by Crippen LogP contribution is -2.37. The van der Waals surface area contributed by atoms with E-state index in [0.717, 1.165) is 18.1 Å². The maximum Gasteiger partial charge on any atom is 0.173 e. The van der Waals surface area contributed by atoms with Gasteiger partial charge in [-0.3, -0.25) is 4.68 Å². The lowest BCUT2D eigenvalue weighted by atomic mass is 10.2. The summed E-state index contributed by atoms with van der Waals surface area (Å²) in [7, 11) is 6.15. The molecule has 1 unspecified atom stereocenters. The number of aromatic nitrogens is 2. The van der Waals surface area contributed by atoms with Crippen molar-refractivity contribution in [1.82, 2.24) is 14.7 Å². The Morgan fingerprint density at radius 3 is 2.81 bits per heavy atom. The second-order valence-electron chi connectivity index (χ2n) is 4.74. The van der Waals surface area contributed by atoms with Crippen molar-refractivity contribution < 1.29 is 0 Å². The zero-order chi connectivity index (χ0) is 11.7. The molecule has 1 aliphatic rings. The number of nitrogens with two attached hydrogens (primary N) is 1. The van der Waals surface area contributed by atoms with E-state index in [0.29, 0.717) is 6.04 Å². The summed E-state index contributed by atoms with van der Waals surface area (Å²) in [5.41, 5.74) is 6.67. The van der Waals surface area contributed by atoms with Gasteiger partial charge in [-0.05, 0) is 26.4 Å². The summed E-state index contributed by atoms with van der Waals surface area (Å²) in [6, 6.07) is 0.631. The van der Waals surface area contributed by atoms with Gasteiger partial charge in [0.2, 0.25) is 0 Å². The quantitative estimate of drug-likeness (QED) is 0.812. The van der Waals surface area contributed by atoms with E-state index in [-0.39, 0.29) is 0 Å². The van der Waals surface area contributed by atoms with Crippen LogP contribution < -0.4 is 10.6 Å². The van der Waals surface area contributed by atoms with Crippen LogP contribution in [0.4, 0.5) is 11.5 Å². The zero-order valence-corrected chi connectivity index (χ0v) is 10.3. The van der Waals surface area contributed by atoms with Crippen LogP contribution in [0.1, 0.15) is 12.8 Å². The molecular formula is C11H21N5. The van der Waals surface area contributed by atoms with Crippen LogP contribution >= 0.6 is 0 Å². The van der Waals surface area contributed by atoms with E-state index in [9.17, 15) is 0 Å². The minimum atomic E-state index is 0.631. The first-order valence-corrected chi connectivity index (χ1v) is 5.78. The summed E-state index contributed by atoms with van der Waals surface area (Å²) in [6.07, 6.45) is 4.42. The molecule has 2 rings (SSSR count). The molecule has 0 amide bonds. The Kier molecular flexibility index (Phi) is 3.05. The Hall–Kier alpha value is -1.23. The summed E-state index contributed by atoms with van der Waals surface area (Å²) >= 11 is 0. The number of likely N-dealkylation sites (tertiary alicyclic amines) is 1. The Morgan fingerprint density at radius 1 is 1.56 bits per heavy atom. The van der Waals surface area contributed by atoms with Crippen LogP contribution in [0.3, 0.4) is 0 Å². The lowest BCUT2D eigenvalue weighted by Gasteiger charge is -2.26. The van der Waals surface area contributed by atoms with Gasteiger partial charge < -0.3 is 15.5 Å². The molecule has 2 heterocycles. The van der Waals surface area contributed by atoms with Crippen LogP contribution in [0.25, 0.3) is 0 Å². The van der Waals surface area contributed by atoms with Crippen molar-refractivity contribution in [1.29, 1.82) is 0 Å². The molecule has 2 N–H and O–H groups in total. The SMILES string of the molecule is CN(CC1CCCN1C)c1nn(C)cc1N. The van der Waals surface area contributed by atoms with Crippen molar-refractivity contribution in [2.24, 2.45) is 7.05 Å². The predicted molar refractivity (Wildman–Crippen MR) is 66.5 cm³/mol. The van der Waals surface area contributed by atoms with Gasteiger partial charge >= 0.3 is 0 Å². The van der Waals surface area contributed by atoms with Crippen molar-refractivity contribution in [3.63, 3.8) is 0 Å². The van der Waals surface area contributed by atoms with Gasteiger partial charge in [0.05, 0.1) is 5.69 Å². The van der Waals surface area contributed by atoms with Crippen molar-refractivity contribution in [3.05, 3.63) is 6.20 Å². The van der Waals surface area contributed by atoms with Crippen LogP contribution in [0.15, 0.2) is 6.20 Å². The molecule has 16 heavy (non-hydrogen) atoms. The largest absolute Gasteiger partial charge is 0.394 e. The van der Waals surface area contributed by atoms with Gasteiger partial charge in [-0.15, -0.1) is 0 Å². The number of aryl methyl sites for hydroxylation is 1. The lowest BCUT2D eigenvalue weighted by molar-refractivity contribution is 0.314. The third kappa shape index (κ3) is 2.14. The van der Waals surface area contributed by atoms with Crippen LogP contribution in [0.5, 0.6) is 0 Å². The van der Waals surface area contributed by atoms with Gasteiger partial charge in [-0.25, -0.2) is 0 Å². The third-order valence-electron chi connectivity index (χ3n) is 3.35. The Labute approximate surface area is 96.8 Å². The van der Waals surface area contributed by atoms with Crippen molar-refractivity contribution in [2.45, 2.75) is 18.9 Å². The van der Waals surface area contributed by atoms with Crippen LogP contribution in [0.2, 0.25) is 0 Å². The van der Waals surface area contributed by atoms with Gasteiger partial charge in [-0.2, -0.15) is 5.10 Å². The molecule has 1 aliphatic heterocycles. The van der Waals surface area contributed by atoms with Gasteiger partial charge in [0.15, 0.2) is 5.82 Å². The molecule has 5 nitrogen and oxygen atoms in total. The zero-order valence-electron chi connectivity index (χ0n) is 10.3. The summed E-state index contributed by atoms with van der Waals surface area (Å²) in [5.74, 6) is 0.891. The Balaban J connectivity index is 2.02. The van der Waals surface area contributed by atoms with E-state index < -0.39 is 0 Å². The first-order valence-electron chi connectivity index (χ1n) is 5.78. The molecule has 0 aromatic carbocycles. The maximum absolute atomic E-state index is 5.91. The molecule has 5 heteroatoms. The smallest absolute Gasteiger partial charge is 0.173 e. The van der Waals surface area contributed by atoms with Crippen molar-refractivity contribution in [2.75, 3.05) is 37.8 Å². The number of hydrogen-bond donors (Lipinski definition) is 1. The summed E-state index contributed by atoms with van der Waals surface area (Å²) < 4.78 is 1.76. The monoisotopic (exact) mass is 223 g/mol. The standard InChI is InChI=1S/C11H21N5/c1-14-6-4-5-9(14)7-15(2)11-10(12)8-16(3)13-11/h8-9H,4-7,12H2,1-3H3. The van der Waals surface area contributed by atoms with Gasteiger partial charge in [0.25, 0.3) is 0 Å². The maximum atomic E-state index is 5.91. The summed E-state index contributed by atoms with van der Waals surface area (Å²) in [4.78, 5) is 4.57. The van der Waals surface area contributed by atoms with E-state index in [4.69, 9.17) is 5.73 Å². The number of nitrogens with zero attached hydrogens (tertiary/aromatic N) is 4. The molecule has 0 radical (unpaired) electrons. The van der Waals surface area contributed by atoms with E-state index in [1.807, 2.05) is 13.2 Å². The highest BCUT2D eigenvalue weighted by atomic mass is 15.3. The third-order valence-corrected chi connectivity index (χ3v) is 3.35. The Bertz CT molecular complexity index is 359. The molecule has 0 saturated carbocycles. The fraction of sp³-hybridized carbons (Fsp3) is 0.727. The molecule has 1 fully saturated rings. The molecule has 0 bridgehead atoms. The van der Waals surface area contributed by atoms with E-state index >= 15 is 0 Å². The normalized spacial score (nSPS) is 21.6. The van der Waals surface area contributed by atoms with E-state index in [1.54, 1.807) is 4.68 Å². The fourth-order valence-corrected chi connectivity index (χ4v) is 2.40. The van der Waals surface area contributed by atoms with Crippen LogP contribution in [-0.4, -0.2) is 47.9 Å². The molecule has 90 valence electrons. The predicted octanol–water partition coefficient (Wildman–Crippen LogP) is 0.533. The minimum absolute atomic E-state index is 0.631. The number of nitrogen functional groups attached to an aromatic ring is 1. The number of anilines is 2. The van der Waals surface area contributed by atoms with Gasteiger partial charge in [0, 0.05) is 32.9 Å². The first-order chi connectivity index (χ1) is 7.58. The first kappa shape index (κ1) is 11.3. The average Bonchev–Trinajstić information content (AvgIpc) is 2.74.